The molecule has 7 nitrogen and oxygen atoms in total. The lowest BCUT2D eigenvalue weighted by molar-refractivity contribution is -0.134. The van der Waals surface area contributed by atoms with Crippen LogP contribution in [0.2, 0.25) is 0 Å². The zero-order chi connectivity index (χ0) is 18.8. The maximum absolute atomic E-state index is 12.2. The largest absolute Gasteiger partial charge is 0.383 e. The first-order chi connectivity index (χ1) is 13.2. The number of piperidine rings is 1. The molecule has 1 saturated heterocycles. The van der Waals surface area contributed by atoms with E-state index in [0.717, 1.165) is 41.1 Å². The van der Waals surface area contributed by atoms with Crippen LogP contribution >= 0.6 is 0 Å². The van der Waals surface area contributed by atoms with E-state index in [9.17, 15) is 4.79 Å². The topological polar surface area (TPSA) is 76.0 Å². The summed E-state index contributed by atoms with van der Waals surface area (Å²) in [5.41, 5.74) is 2.10. The van der Waals surface area contributed by atoms with Crippen LogP contribution in [0.4, 0.5) is 0 Å². The van der Waals surface area contributed by atoms with Crippen LogP contribution in [-0.4, -0.2) is 57.4 Å². The van der Waals surface area contributed by atoms with Gasteiger partial charge in [0, 0.05) is 61.7 Å². The quantitative estimate of drug-likeness (QED) is 0.727. The van der Waals surface area contributed by atoms with Gasteiger partial charge in [0.15, 0.2) is 5.82 Å². The standard InChI is InChI=1S/C20H25N5O2/c1-3-25-20(14-8-9-18(26)24(13-14)10-11-27-2)22-19(23-25)16-12-21-17-7-5-4-6-15(16)17/h4-7,12,14,21H,3,8-11,13H2,1-2H3/t14-/m1/s1. The molecule has 1 aliphatic rings. The summed E-state index contributed by atoms with van der Waals surface area (Å²) in [5.74, 6) is 2.10. The monoisotopic (exact) mass is 367 g/mol. The Balaban J connectivity index is 1.65. The number of nitrogens with one attached hydrogen (secondary N) is 1. The van der Waals surface area contributed by atoms with Crippen molar-refractivity contribution in [3.8, 4) is 11.4 Å². The SMILES string of the molecule is CCn1nc(-c2c[nH]c3ccccc23)nc1[C@@H]1CCC(=O)N(CCOC)C1. The van der Waals surface area contributed by atoms with Gasteiger partial charge in [-0.15, -0.1) is 0 Å². The van der Waals surface area contributed by atoms with E-state index in [0.29, 0.717) is 26.1 Å². The molecule has 7 heteroatoms. The molecule has 0 unspecified atom stereocenters. The third-order valence-electron chi connectivity index (χ3n) is 5.26. The van der Waals surface area contributed by atoms with Gasteiger partial charge in [0.2, 0.25) is 5.91 Å². The molecule has 1 amide bonds. The van der Waals surface area contributed by atoms with E-state index < -0.39 is 0 Å². The van der Waals surface area contributed by atoms with Crippen molar-refractivity contribution >= 4 is 16.8 Å². The van der Waals surface area contributed by atoms with Crippen LogP contribution in [0.3, 0.4) is 0 Å². The number of rotatable bonds is 6. The number of para-hydroxylation sites is 1. The number of amides is 1. The molecular weight excluding hydrogens is 342 g/mol. The highest BCUT2D eigenvalue weighted by Crippen LogP contribution is 2.30. The summed E-state index contributed by atoms with van der Waals surface area (Å²) in [6.07, 6.45) is 3.33. The van der Waals surface area contributed by atoms with Crippen molar-refractivity contribution in [3.63, 3.8) is 0 Å². The number of H-pyrrole nitrogens is 1. The van der Waals surface area contributed by atoms with Crippen molar-refractivity contribution in [2.75, 3.05) is 26.8 Å². The number of aromatic amines is 1. The summed E-state index contributed by atoms with van der Waals surface area (Å²) in [4.78, 5) is 22.3. The van der Waals surface area contributed by atoms with Gasteiger partial charge in [0.1, 0.15) is 5.82 Å². The van der Waals surface area contributed by atoms with Gasteiger partial charge in [-0.05, 0) is 19.4 Å². The van der Waals surface area contributed by atoms with Crippen LogP contribution in [0.5, 0.6) is 0 Å². The fourth-order valence-corrected chi connectivity index (χ4v) is 3.80. The Morgan fingerprint density at radius 2 is 2.19 bits per heavy atom. The smallest absolute Gasteiger partial charge is 0.222 e. The second-order valence-corrected chi connectivity index (χ2v) is 6.93. The number of aromatic nitrogens is 4. The van der Waals surface area contributed by atoms with Crippen molar-refractivity contribution in [1.82, 2.24) is 24.6 Å². The van der Waals surface area contributed by atoms with Crippen molar-refractivity contribution in [2.45, 2.75) is 32.2 Å². The number of carbonyl (C=O) groups excluding carboxylic acids is 1. The number of hydrogen-bond donors (Lipinski definition) is 1. The molecule has 3 aromatic rings. The third kappa shape index (κ3) is 3.35. The van der Waals surface area contributed by atoms with Crippen LogP contribution in [-0.2, 0) is 16.1 Å². The number of ether oxygens (including phenoxy) is 1. The van der Waals surface area contributed by atoms with Gasteiger partial charge in [-0.1, -0.05) is 18.2 Å². The van der Waals surface area contributed by atoms with Gasteiger partial charge in [-0.3, -0.25) is 4.79 Å². The summed E-state index contributed by atoms with van der Waals surface area (Å²) in [6.45, 7) is 4.69. The lowest BCUT2D eigenvalue weighted by Crippen LogP contribution is -2.41. The van der Waals surface area contributed by atoms with Crippen LogP contribution in [0.1, 0.15) is 31.5 Å². The molecule has 142 valence electrons. The molecule has 2 aromatic heterocycles. The van der Waals surface area contributed by atoms with Crippen molar-refractivity contribution in [2.24, 2.45) is 0 Å². The molecule has 0 bridgehead atoms. The van der Waals surface area contributed by atoms with Gasteiger partial charge in [0.25, 0.3) is 0 Å². The fourth-order valence-electron chi connectivity index (χ4n) is 3.80. The Labute approximate surface area is 158 Å². The van der Waals surface area contributed by atoms with Crippen molar-refractivity contribution < 1.29 is 9.53 Å². The van der Waals surface area contributed by atoms with E-state index in [4.69, 9.17) is 14.8 Å². The number of hydrogen-bond acceptors (Lipinski definition) is 4. The highest BCUT2D eigenvalue weighted by atomic mass is 16.5. The molecule has 1 atom stereocenters. The highest BCUT2D eigenvalue weighted by molar-refractivity contribution is 5.93. The Kier molecular flexibility index (Phi) is 4.94. The predicted molar refractivity (Wildman–Crippen MR) is 103 cm³/mol. The van der Waals surface area contributed by atoms with Crippen LogP contribution in [0, 0.1) is 0 Å². The van der Waals surface area contributed by atoms with E-state index in [-0.39, 0.29) is 11.8 Å². The molecule has 27 heavy (non-hydrogen) atoms. The number of aryl methyl sites for hydroxylation is 1. The molecule has 1 aromatic carbocycles. The molecular formula is C20H25N5O2. The van der Waals surface area contributed by atoms with E-state index in [1.807, 2.05) is 27.9 Å². The summed E-state index contributed by atoms with van der Waals surface area (Å²) >= 11 is 0. The Hall–Kier alpha value is -2.67. The van der Waals surface area contributed by atoms with E-state index in [1.54, 1.807) is 7.11 Å². The second kappa shape index (κ2) is 7.52. The van der Waals surface area contributed by atoms with Crippen LogP contribution in [0.25, 0.3) is 22.3 Å². The minimum Gasteiger partial charge on any atom is -0.383 e. The first kappa shape index (κ1) is 17.7. The first-order valence-electron chi connectivity index (χ1n) is 9.49. The number of benzene rings is 1. The summed E-state index contributed by atoms with van der Waals surface area (Å²) in [6, 6.07) is 8.17. The van der Waals surface area contributed by atoms with Crippen molar-refractivity contribution in [1.29, 1.82) is 0 Å². The Morgan fingerprint density at radius 1 is 1.33 bits per heavy atom. The molecule has 0 radical (unpaired) electrons. The second-order valence-electron chi connectivity index (χ2n) is 6.93. The molecule has 1 fully saturated rings. The third-order valence-corrected chi connectivity index (χ3v) is 5.26. The summed E-state index contributed by atoms with van der Waals surface area (Å²) < 4.78 is 7.12. The number of fused-ring (bicyclic) bond motifs is 1. The summed E-state index contributed by atoms with van der Waals surface area (Å²) in [7, 11) is 1.66. The Bertz CT molecular complexity index is 945. The zero-order valence-corrected chi connectivity index (χ0v) is 15.8. The number of likely N-dealkylation sites (tertiary alicyclic amines) is 1. The van der Waals surface area contributed by atoms with Crippen LogP contribution < -0.4 is 0 Å². The maximum atomic E-state index is 12.2. The van der Waals surface area contributed by atoms with Crippen LogP contribution in [0.15, 0.2) is 30.5 Å². The zero-order valence-electron chi connectivity index (χ0n) is 15.8. The van der Waals surface area contributed by atoms with E-state index in [2.05, 4.69) is 24.0 Å². The highest BCUT2D eigenvalue weighted by Gasteiger charge is 2.30. The maximum Gasteiger partial charge on any atom is 0.222 e. The first-order valence-corrected chi connectivity index (χ1v) is 9.49. The molecule has 4 rings (SSSR count). The number of methoxy groups -OCH3 is 1. The molecule has 1 N–H and O–H groups in total. The fraction of sp³-hybridized carbons (Fsp3) is 0.450. The lowest BCUT2D eigenvalue weighted by Gasteiger charge is -2.32. The minimum absolute atomic E-state index is 0.197. The lowest BCUT2D eigenvalue weighted by atomic mass is 9.96. The van der Waals surface area contributed by atoms with E-state index >= 15 is 0 Å². The van der Waals surface area contributed by atoms with Gasteiger partial charge in [-0.25, -0.2) is 9.67 Å². The van der Waals surface area contributed by atoms with Gasteiger partial charge >= 0.3 is 0 Å². The number of nitrogens with zero attached hydrogens (tertiary/aromatic N) is 4. The van der Waals surface area contributed by atoms with Gasteiger partial charge in [0.05, 0.1) is 6.61 Å². The average Bonchev–Trinajstić information content (AvgIpc) is 3.31. The van der Waals surface area contributed by atoms with E-state index in [1.165, 1.54) is 0 Å². The molecule has 0 spiro atoms. The molecule has 0 saturated carbocycles. The molecule has 0 aliphatic carbocycles. The molecule has 1 aliphatic heterocycles. The van der Waals surface area contributed by atoms with Crippen molar-refractivity contribution in [3.05, 3.63) is 36.3 Å². The van der Waals surface area contributed by atoms with Gasteiger partial charge < -0.3 is 14.6 Å². The molecule has 3 heterocycles. The Morgan fingerprint density at radius 3 is 3.00 bits per heavy atom. The predicted octanol–water partition coefficient (Wildman–Crippen LogP) is 2.80. The average molecular weight is 367 g/mol. The van der Waals surface area contributed by atoms with Gasteiger partial charge in [-0.2, -0.15) is 5.10 Å². The normalized spacial score (nSPS) is 17.8. The number of carbonyl (C=O) groups is 1. The summed E-state index contributed by atoms with van der Waals surface area (Å²) in [5, 5.41) is 5.88. The minimum atomic E-state index is 0.197.